The summed E-state index contributed by atoms with van der Waals surface area (Å²) in [6.45, 7) is 1.99. The number of alkyl halides is 2. The molecular weight excluding hydrogens is 216 g/mol. The molecule has 1 aromatic carbocycles. The molecule has 0 spiro atoms. The minimum Gasteiger partial charge on any atom is -0.481 e. The van der Waals surface area contributed by atoms with Crippen molar-refractivity contribution < 1.29 is 18.7 Å². The Morgan fingerprint density at radius 2 is 2.19 bits per heavy atom. The first-order chi connectivity index (χ1) is 7.50. The molecule has 1 rings (SSSR count). The van der Waals surface area contributed by atoms with Crippen LogP contribution in [0.2, 0.25) is 0 Å². The van der Waals surface area contributed by atoms with Crippen molar-refractivity contribution in [2.45, 2.75) is 19.8 Å². The van der Waals surface area contributed by atoms with Gasteiger partial charge in [0.05, 0.1) is 6.42 Å². The van der Waals surface area contributed by atoms with Crippen molar-refractivity contribution in [1.29, 1.82) is 0 Å². The van der Waals surface area contributed by atoms with Crippen molar-refractivity contribution >= 4 is 11.7 Å². The number of aryl methyl sites for hydroxylation is 1. The predicted molar refractivity (Wildman–Crippen MR) is 56.9 cm³/mol. The van der Waals surface area contributed by atoms with Crippen LogP contribution in [0.25, 0.3) is 0 Å². The van der Waals surface area contributed by atoms with Gasteiger partial charge in [0.1, 0.15) is 0 Å². The smallest absolute Gasteiger partial charge is 0.305 e. The zero-order valence-corrected chi connectivity index (χ0v) is 8.84. The van der Waals surface area contributed by atoms with E-state index in [1.807, 2.05) is 0 Å². The molecule has 0 heterocycles. The zero-order chi connectivity index (χ0) is 12.1. The monoisotopic (exact) mass is 229 g/mol. The fourth-order valence-electron chi connectivity index (χ4n) is 1.33. The van der Waals surface area contributed by atoms with Gasteiger partial charge in [-0.1, -0.05) is 6.07 Å². The first kappa shape index (κ1) is 12.4. The highest BCUT2D eigenvalue weighted by atomic mass is 19.3. The quantitative estimate of drug-likeness (QED) is 0.816. The standard InChI is InChI=1S/C11H13F2NO2/c1-7-6-8(11(12)13)2-3-9(7)14-5-4-10(15)16/h2-3,6,11,14H,4-5H2,1H3,(H,15,16). The van der Waals surface area contributed by atoms with Gasteiger partial charge in [0.25, 0.3) is 6.43 Å². The van der Waals surface area contributed by atoms with Gasteiger partial charge in [-0.25, -0.2) is 8.78 Å². The highest BCUT2D eigenvalue weighted by Crippen LogP contribution is 2.23. The largest absolute Gasteiger partial charge is 0.481 e. The first-order valence-electron chi connectivity index (χ1n) is 4.85. The van der Waals surface area contributed by atoms with E-state index in [0.29, 0.717) is 11.3 Å². The molecule has 0 unspecified atom stereocenters. The summed E-state index contributed by atoms with van der Waals surface area (Å²) >= 11 is 0. The molecule has 0 saturated carbocycles. The number of halogens is 2. The highest BCUT2D eigenvalue weighted by Gasteiger charge is 2.08. The van der Waals surface area contributed by atoms with Crippen LogP contribution in [0.15, 0.2) is 18.2 Å². The van der Waals surface area contributed by atoms with Gasteiger partial charge in [0, 0.05) is 17.8 Å². The third-order valence-corrected chi connectivity index (χ3v) is 2.16. The molecule has 3 nitrogen and oxygen atoms in total. The highest BCUT2D eigenvalue weighted by molar-refractivity contribution is 5.67. The number of anilines is 1. The Labute approximate surface area is 92.1 Å². The molecule has 0 bridgehead atoms. The van der Waals surface area contributed by atoms with Crippen molar-refractivity contribution in [2.24, 2.45) is 0 Å². The minimum atomic E-state index is -2.48. The number of carboxylic acids is 1. The van der Waals surface area contributed by atoms with Crippen LogP contribution in [0.3, 0.4) is 0 Å². The molecule has 0 atom stereocenters. The van der Waals surface area contributed by atoms with Gasteiger partial charge in [-0.15, -0.1) is 0 Å². The molecule has 0 aliphatic heterocycles. The Morgan fingerprint density at radius 3 is 2.69 bits per heavy atom. The maximum atomic E-state index is 12.3. The van der Waals surface area contributed by atoms with Gasteiger partial charge in [-0.2, -0.15) is 0 Å². The zero-order valence-electron chi connectivity index (χ0n) is 8.84. The van der Waals surface area contributed by atoms with Crippen LogP contribution in [0.1, 0.15) is 24.0 Å². The third kappa shape index (κ3) is 3.49. The number of aliphatic carboxylic acids is 1. The number of nitrogens with one attached hydrogen (secondary N) is 1. The van der Waals surface area contributed by atoms with E-state index in [4.69, 9.17) is 5.11 Å². The summed E-state index contributed by atoms with van der Waals surface area (Å²) in [5.41, 5.74) is 1.34. The Hall–Kier alpha value is -1.65. The second-order valence-corrected chi connectivity index (χ2v) is 3.45. The van der Waals surface area contributed by atoms with E-state index in [1.165, 1.54) is 12.1 Å². The molecule has 2 N–H and O–H groups in total. The van der Waals surface area contributed by atoms with E-state index in [2.05, 4.69) is 5.32 Å². The fraction of sp³-hybridized carbons (Fsp3) is 0.364. The summed E-state index contributed by atoms with van der Waals surface area (Å²) in [4.78, 5) is 10.3. The predicted octanol–water partition coefficient (Wildman–Crippen LogP) is 2.82. The van der Waals surface area contributed by atoms with E-state index in [0.717, 1.165) is 0 Å². The van der Waals surface area contributed by atoms with Crippen LogP contribution in [-0.4, -0.2) is 17.6 Å². The molecule has 0 aliphatic carbocycles. The van der Waals surface area contributed by atoms with Crippen molar-refractivity contribution in [3.05, 3.63) is 29.3 Å². The summed E-state index contributed by atoms with van der Waals surface area (Å²) in [7, 11) is 0. The molecule has 0 aliphatic rings. The van der Waals surface area contributed by atoms with Gasteiger partial charge in [-0.3, -0.25) is 4.79 Å². The van der Waals surface area contributed by atoms with E-state index in [9.17, 15) is 13.6 Å². The summed E-state index contributed by atoms with van der Waals surface area (Å²) in [6, 6.07) is 4.27. The molecular formula is C11H13F2NO2. The van der Waals surface area contributed by atoms with E-state index < -0.39 is 12.4 Å². The third-order valence-electron chi connectivity index (χ3n) is 2.16. The van der Waals surface area contributed by atoms with E-state index >= 15 is 0 Å². The summed E-state index contributed by atoms with van der Waals surface area (Å²) < 4.78 is 24.7. The number of hydrogen-bond acceptors (Lipinski definition) is 2. The Morgan fingerprint density at radius 1 is 1.50 bits per heavy atom. The molecule has 0 amide bonds. The molecule has 16 heavy (non-hydrogen) atoms. The van der Waals surface area contributed by atoms with Crippen LogP contribution in [0.4, 0.5) is 14.5 Å². The topological polar surface area (TPSA) is 49.3 Å². The van der Waals surface area contributed by atoms with Crippen molar-refractivity contribution in [3.63, 3.8) is 0 Å². The molecule has 5 heteroatoms. The first-order valence-corrected chi connectivity index (χ1v) is 4.85. The minimum absolute atomic E-state index is 0.00393. The lowest BCUT2D eigenvalue weighted by atomic mass is 10.1. The van der Waals surface area contributed by atoms with Crippen molar-refractivity contribution in [3.8, 4) is 0 Å². The van der Waals surface area contributed by atoms with Gasteiger partial charge in [-0.05, 0) is 24.6 Å². The van der Waals surface area contributed by atoms with Gasteiger partial charge in [0.15, 0.2) is 0 Å². The lowest BCUT2D eigenvalue weighted by molar-refractivity contribution is -0.136. The van der Waals surface area contributed by atoms with Gasteiger partial charge >= 0.3 is 5.97 Å². The van der Waals surface area contributed by atoms with E-state index in [1.54, 1.807) is 13.0 Å². The van der Waals surface area contributed by atoms with Crippen LogP contribution >= 0.6 is 0 Å². The lowest BCUT2D eigenvalue weighted by Gasteiger charge is -2.10. The Kier molecular flexibility index (Phi) is 4.22. The molecule has 0 saturated heterocycles. The molecule has 0 radical (unpaired) electrons. The number of benzene rings is 1. The van der Waals surface area contributed by atoms with Crippen LogP contribution < -0.4 is 5.32 Å². The number of carbonyl (C=O) groups is 1. The molecule has 1 aromatic rings. The average molecular weight is 229 g/mol. The van der Waals surface area contributed by atoms with Gasteiger partial charge in [0.2, 0.25) is 0 Å². The summed E-state index contributed by atoms with van der Waals surface area (Å²) in [5.74, 6) is -0.894. The van der Waals surface area contributed by atoms with Crippen molar-refractivity contribution in [1.82, 2.24) is 0 Å². The molecule has 0 fully saturated rings. The summed E-state index contributed by atoms with van der Waals surface area (Å²) in [6.07, 6.45) is -2.48. The number of rotatable bonds is 5. The van der Waals surface area contributed by atoms with Crippen LogP contribution in [0, 0.1) is 6.92 Å². The number of carboxylic acid groups (broad SMARTS) is 1. The summed E-state index contributed by atoms with van der Waals surface area (Å²) in [5, 5.41) is 11.3. The van der Waals surface area contributed by atoms with Crippen molar-refractivity contribution in [2.75, 3.05) is 11.9 Å². The Balaban J connectivity index is 2.64. The normalized spacial score (nSPS) is 10.5. The Bertz CT molecular complexity index is 380. The average Bonchev–Trinajstić information content (AvgIpc) is 2.19. The van der Waals surface area contributed by atoms with E-state index in [-0.39, 0.29) is 18.5 Å². The molecule has 88 valence electrons. The van der Waals surface area contributed by atoms with Crippen LogP contribution in [-0.2, 0) is 4.79 Å². The second-order valence-electron chi connectivity index (χ2n) is 3.45. The lowest BCUT2D eigenvalue weighted by Crippen LogP contribution is -2.08. The SMILES string of the molecule is Cc1cc(C(F)F)ccc1NCCC(=O)O. The maximum absolute atomic E-state index is 12.3. The molecule has 0 aromatic heterocycles. The fourth-order valence-corrected chi connectivity index (χ4v) is 1.33. The van der Waals surface area contributed by atoms with Gasteiger partial charge < -0.3 is 10.4 Å². The maximum Gasteiger partial charge on any atom is 0.305 e. The van der Waals surface area contributed by atoms with Crippen LogP contribution in [0.5, 0.6) is 0 Å². The second kappa shape index (κ2) is 5.44. The number of hydrogen-bond donors (Lipinski definition) is 2.